The summed E-state index contributed by atoms with van der Waals surface area (Å²) in [5.41, 5.74) is 5.62. The van der Waals surface area contributed by atoms with Crippen LogP contribution in [0.25, 0.3) is 0 Å². The highest BCUT2D eigenvalue weighted by atomic mass is 32.2. The Hall–Kier alpha value is 0.270. The first kappa shape index (κ1) is 10.4. The number of hydrogen-bond acceptors (Lipinski definition) is 3. The molecule has 1 rings (SSSR count). The number of likely N-dealkylation sites (tertiary alicyclic amines) is 1. The minimum absolute atomic E-state index is 0.777. The van der Waals surface area contributed by atoms with Gasteiger partial charge in [0.15, 0.2) is 0 Å². The Morgan fingerprint density at radius 2 is 2.42 bits per heavy atom. The van der Waals surface area contributed by atoms with Crippen LogP contribution in [-0.4, -0.2) is 43.1 Å². The minimum Gasteiger partial charge on any atom is -0.330 e. The summed E-state index contributed by atoms with van der Waals surface area (Å²) < 4.78 is 0. The molecule has 0 amide bonds. The maximum Gasteiger partial charge on any atom is 0.00222 e. The molecule has 0 radical (unpaired) electrons. The van der Waals surface area contributed by atoms with Crippen molar-refractivity contribution in [2.24, 2.45) is 11.7 Å². The molecule has 0 spiro atoms. The first-order valence-corrected chi connectivity index (χ1v) is 6.17. The summed E-state index contributed by atoms with van der Waals surface area (Å²) in [6.45, 7) is 4.66. The molecule has 0 aromatic heterocycles. The highest BCUT2D eigenvalue weighted by Gasteiger charge is 2.19. The van der Waals surface area contributed by atoms with E-state index in [0.29, 0.717) is 0 Å². The molecule has 12 heavy (non-hydrogen) atoms. The quantitative estimate of drug-likeness (QED) is 0.653. The van der Waals surface area contributed by atoms with Crippen LogP contribution in [0.1, 0.15) is 12.8 Å². The van der Waals surface area contributed by atoms with Gasteiger partial charge in [-0.2, -0.15) is 11.8 Å². The largest absolute Gasteiger partial charge is 0.330 e. The zero-order valence-corrected chi connectivity index (χ0v) is 8.78. The van der Waals surface area contributed by atoms with Gasteiger partial charge in [-0.15, -0.1) is 0 Å². The topological polar surface area (TPSA) is 29.3 Å². The Morgan fingerprint density at radius 3 is 3.00 bits per heavy atom. The van der Waals surface area contributed by atoms with E-state index in [-0.39, 0.29) is 0 Å². The molecule has 1 unspecified atom stereocenters. The molecule has 1 heterocycles. The average Bonchev–Trinajstić information content (AvgIpc) is 2.53. The lowest BCUT2D eigenvalue weighted by atomic mass is 10.1. The number of hydrogen-bond donors (Lipinski definition) is 1. The molecule has 0 bridgehead atoms. The number of nitrogens with zero attached hydrogens (tertiary/aromatic N) is 1. The van der Waals surface area contributed by atoms with Gasteiger partial charge < -0.3 is 10.6 Å². The fraction of sp³-hybridized carbons (Fsp3) is 1.00. The summed E-state index contributed by atoms with van der Waals surface area (Å²) >= 11 is 1.94. The second-order valence-electron chi connectivity index (χ2n) is 3.54. The summed E-state index contributed by atoms with van der Waals surface area (Å²) in [6.07, 6.45) is 4.82. The standard InChI is InChI=1S/C9H20N2S/c1-12-6-2-4-11-5-3-9(7-10)8-11/h9H,2-8,10H2,1H3. The van der Waals surface area contributed by atoms with Crippen LogP contribution in [0.15, 0.2) is 0 Å². The number of nitrogens with two attached hydrogens (primary N) is 1. The van der Waals surface area contributed by atoms with Crippen LogP contribution in [0, 0.1) is 5.92 Å². The second kappa shape index (κ2) is 5.84. The molecule has 1 saturated heterocycles. The van der Waals surface area contributed by atoms with E-state index in [4.69, 9.17) is 5.73 Å². The van der Waals surface area contributed by atoms with Gasteiger partial charge in [0.1, 0.15) is 0 Å². The van der Waals surface area contributed by atoms with Gasteiger partial charge in [0.25, 0.3) is 0 Å². The molecule has 2 N–H and O–H groups in total. The van der Waals surface area contributed by atoms with Gasteiger partial charge in [-0.1, -0.05) is 0 Å². The monoisotopic (exact) mass is 188 g/mol. The Labute approximate surface area is 79.9 Å². The van der Waals surface area contributed by atoms with Crippen molar-refractivity contribution < 1.29 is 0 Å². The summed E-state index contributed by atoms with van der Waals surface area (Å²) in [4.78, 5) is 2.55. The van der Waals surface area contributed by atoms with Gasteiger partial charge in [-0.05, 0) is 50.4 Å². The van der Waals surface area contributed by atoms with Crippen molar-refractivity contribution in [1.82, 2.24) is 4.90 Å². The van der Waals surface area contributed by atoms with Gasteiger partial charge in [-0.25, -0.2) is 0 Å². The second-order valence-corrected chi connectivity index (χ2v) is 4.52. The van der Waals surface area contributed by atoms with E-state index in [1.807, 2.05) is 11.8 Å². The SMILES string of the molecule is CSCCCN1CCC(CN)C1. The highest BCUT2D eigenvalue weighted by molar-refractivity contribution is 7.98. The maximum atomic E-state index is 5.62. The van der Waals surface area contributed by atoms with Crippen molar-refractivity contribution in [3.63, 3.8) is 0 Å². The Morgan fingerprint density at radius 1 is 1.58 bits per heavy atom. The maximum absolute atomic E-state index is 5.62. The molecule has 0 aromatic rings. The van der Waals surface area contributed by atoms with Gasteiger partial charge in [0, 0.05) is 6.54 Å². The lowest BCUT2D eigenvalue weighted by Gasteiger charge is -2.14. The van der Waals surface area contributed by atoms with Crippen molar-refractivity contribution in [3.8, 4) is 0 Å². The molecule has 1 atom stereocenters. The van der Waals surface area contributed by atoms with Crippen LogP contribution >= 0.6 is 11.8 Å². The Bertz CT molecular complexity index is 119. The van der Waals surface area contributed by atoms with Gasteiger partial charge in [0.2, 0.25) is 0 Å². The van der Waals surface area contributed by atoms with Gasteiger partial charge >= 0.3 is 0 Å². The summed E-state index contributed by atoms with van der Waals surface area (Å²) in [6, 6.07) is 0. The van der Waals surface area contributed by atoms with E-state index in [9.17, 15) is 0 Å². The smallest absolute Gasteiger partial charge is 0.00222 e. The molecule has 2 nitrogen and oxygen atoms in total. The van der Waals surface area contributed by atoms with Crippen molar-refractivity contribution in [2.45, 2.75) is 12.8 Å². The van der Waals surface area contributed by atoms with E-state index < -0.39 is 0 Å². The third-order valence-corrected chi connectivity index (χ3v) is 3.22. The predicted molar refractivity (Wildman–Crippen MR) is 56.6 cm³/mol. The van der Waals surface area contributed by atoms with Crippen LogP contribution in [0.3, 0.4) is 0 Å². The minimum atomic E-state index is 0.777. The molecule has 0 saturated carbocycles. The van der Waals surface area contributed by atoms with Crippen LogP contribution in [0.5, 0.6) is 0 Å². The van der Waals surface area contributed by atoms with Crippen LogP contribution in [-0.2, 0) is 0 Å². The van der Waals surface area contributed by atoms with Crippen LogP contribution in [0.4, 0.5) is 0 Å². The van der Waals surface area contributed by atoms with E-state index in [0.717, 1.165) is 12.5 Å². The number of rotatable bonds is 5. The molecular formula is C9H20N2S. The molecular weight excluding hydrogens is 168 g/mol. The lowest BCUT2D eigenvalue weighted by Crippen LogP contribution is -2.24. The highest BCUT2D eigenvalue weighted by Crippen LogP contribution is 2.14. The molecule has 72 valence electrons. The molecule has 1 aliphatic heterocycles. The van der Waals surface area contributed by atoms with Crippen LogP contribution in [0.2, 0.25) is 0 Å². The van der Waals surface area contributed by atoms with E-state index in [2.05, 4.69) is 11.2 Å². The van der Waals surface area contributed by atoms with E-state index in [1.54, 1.807) is 0 Å². The normalized spacial score (nSPS) is 25.0. The van der Waals surface area contributed by atoms with Gasteiger partial charge in [-0.3, -0.25) is 0 Å². The average molecular weight is 188 g/mol. The van der Waals surface area contributed by atoms with E-state index >= 15 is 0 Å². The van der Waals surface area contributed by atoms with E-state index in [1.165, 1.54) is 38.2 Å². The molecule has 0 aliphatic carbocycles. The molecule has 0 aromatic carbocycles. The molecule has 1 aliphatic rings. The lowest BCUT2D eigenvalue weighted by molar-refractivity contribution is 0.327. The van der Waals surface area contributed by atoms with Crippen molar-refractivity contribution >= 4 is 11.8 Å². The zero-order valence-electron chi connectivity index (χ0n) is 7.96. The first-order chi connectivity index (χ1) is 5.86. The molecule has 1 fully saturated rings. The van der Waals surface area contributed by atoms with Crippen molar-refractivity contribution in [3.05, 3.63) is 0 Å². The fourth-order valence-corrected chi connectivity index (χ4v) is 2.16. The molecule has 3 heteroatoms. The zero-order chi connectivity index (χ0) is 8.81. The predicted octanol–water partition coefficient (Wildman–Crippen LogP) is 1.02. The van der Waals surface area contributed by atoms with Crippen LogP contribution < -0.4 is 5.73 Å². The fourth-order valence-electron chi connectivity index (χ4n) is 1.74. The van der Waals surface area contributed by atoms with Gasteiger partial charge in [0.05, 0.1) is 0 Å². The third kappa shape index (κ3) is 3.33. The Balaban J connectivity index is 2.03. The Kier molecular flexibility index (Phi) is 5.04. The summed E-state index contributed by atoms with van der Waals surface area (Å²) in [5.74, 6) is 2.07. The summed E-state index contributed by atoms with van der Waals surface area (Å²) in [5, 5.41) is 0. The van der Waals surface area contributed by atoms with Crippen molar-refractivity contribution in [2.75, 3.05) is 38.2 Å². The first-order valence-electron chi connectivity index (χ1n) is 4.78. The third-order valence-electron chi connectivity index (χ3n) is 2.53. The summed E-state index contributed by atoms with van der Waals surface area (Å²) in [7, 11) is 0. The number of thioether (sulfide) groups is 1. The van der Waals surface area contributed by atoms with Crippen molar-refractivity contribution in [1.29, 1.82) is 0 Å².